The maximum atomic E-state index is 9.63. The number of hydrogen-bond acceptors (Lipinski definition) is 3. The van der Waals surface area contributed by atoms with Gasteiger partial charge in [0.15, 0.2) is 0 Å². The molecule has 0 aromatic carbocycles. The van der Waals surface area contributed by atoms with Crippen molar-refractivity contribution in [1.29, 1.82) is 0 Å². The van der Waals surface area contributed by atoms with Crippen LogP contribution in [0.2, 0.25) is 0 Å². The van der Waals surface area contributed by atoms with Gasteiger partial charge in [-0.3, -0.25) is 0 Å². The van der Waals surface area contributed by atoms with E-state index in [0.29, 0.717) is 5.92 Å². The number of rotatable bonds is 4. The molecule has 3 nitrogen and oxygen atoms in total. The van der Waals surface area contributed by atoms with Crippen molar-refractivity contribution >= 4 is 0 Å². The average molecular weight is 240 g/mol. The van der Waals surface area contributed by atoms with Crippen molar-refractivity contribution in [3.63, 3.8) is 0 Å². The molecular weight excluding hydrogens is 212 g/mol. The highest BCUT2D eigenvalue weighted by Gasteiger charge is 2.21. The monoisotopic (exact) mass is 240 g/mol. The minimum Gasteiger partial charge on any atom is -0.393 e. The summed E-state index contributed by atoms with van der Waals surface area (Å²) in [5.74, 6) is 1.54. The zero-order valence-electron chi connectivity index (χ0n) is 11.2. The average Bonchev–Trinajstić information content (AvgIpc) is 2.29. The molecule has 2 aliphatic rings. The summed E-state index contributed by atoms with van der Waals surface area (Å²) in [5.41, 5.74) is 0. The molecule has 0 radical (unpaired) electrons. The van der Waals surface area contributed by atoms with Crippen molar-refractivity contribution in [3.05, 3.63) is 0 Å². The van der Waals surface area contributed by atoms with Gasteiger partial charge in [0.2, 0.25) is 0 Å². The number of nitrogens with zero attached hydrogens (tertiary/aromatic N) is 1. The molecule has 1 saturated carbocycles. The van der Waals surface area contributed by atoms with E-state index in [2.05, 4.69) is 17.3 Å². The second-order valence-corrected chi connectivity index (χ2v) is 6.12. The minimum absolute atomic E-state index is 0.0311. The normalized spacial score (nSPS) is 36.0. The summed E-state index contributed by atoms with van der Waals surface area (Å²) in [4.78, 5) is 2.44. The van der Waals surface area contributed by atoms with E-state index in [-0.39, 0.29) is 6.10 Å². The zero-order valence-corrected chi connectivity index (χ0v) is 11.2. The van der Waals surface area contributed by atoms with Crippen LogP contribution in [-0.4, -0.2) is 49.3 Å². The number of aliphatic hydroxyl groups is 1. The van der Waals surface area contributed by atoms with Gasteiger partial charge in [-0.15, -0.1) is 0 Å². The van der Waals surface area contributed by atoms with Gasteiger partial charge in [-0.1, -0.05) is 6.42 Å². The summed E-state index contributed by atoms with van der Waals surface area (Å²) in [7, 11) is 2.23. The van der Waals surface area contributed by atoms with Crippen molar-refractivity contribution in [2.75, 3.05) is 33.2 Å². The summed E-state index contributed by atoms with van der Waals surface area (Å²) in [6, 6.07) is 0. The van der Waals surface area contributed by atoms with Gasteiger partial charge < -0.3 is 15.3 Å². The Kier molecular flexibility index (Phi) is 5.26. The van der Waals surface area contributed by atoms with E-state index in [1.165, 1.54) is 38.8 Å². The second kappa shape index (κ2) is 6.72. The standard InChI is InChI=1S/C14H28N2O/c1-16-7-3-5-13(11-16)10-15-9-12-4-2-6-14(17)8-12/h12-15,17H,2-11H2,1H3. The highest BCUT2D eigenvalue weighted by molar-refractivity contribution is 4.76. The van der Waals surface area contributed by atoms with Gasteiger partial charge >= 0.3 is 0 Å². The molecule has 17 heavy (non-hydrogen) atoms. The van der Waals surface area contributed by atoms with Crippen LogP contribution >= 0.6 is 0 Å². The maximum Gasteiger partial charge on any atom is 0.0543 e. The van der Waals surface area contributed by atoms with Crippen LogP contribution in [0.5, 0.6) is 0 Å². The van der Waals surface area contributed by atoms with Crippen LogP contribution in [0.25, 0.3) is 0 Å². The van der Waals surface area contributed by atoms with Gasteiger partial charge in [-0.05, 0) is 70.6 Å². The fourth-order valence-corrected chi connectivity index (χ4v) is 3.38. The molecule has 1 saturated heterocycles. The second-order valence-electron chi connectivity index (χ2n) is 6.12. The third-order valence-electron chi connectivity index (χ3n) is 4.34. The van der Waals surface area contributed by atoms with E-state index in [1.54, 1.807) is 0 Å². The highest BCUT2D eigenvalue weighted by Crippen LogP contribution is 2.23. The van der Waals surface area contributed by atoms with Crippen molar-refractivity contribution in [1.82, 2.24) is 10.2 Å². The predicted octanol–water partition coefficient (Wildman–Crippen LogP) is 1.47. The molecule has 0 amide bonds. The van der Waals surface area contributed by atoms with Crippen LogP contribution < -0.4 is 5.32 Å². The Bertz CT molecular complexity index is 200. The third kappa shape index (κ3) is 4.57. The molecule has 1 aliphatic carbocycles. The number of piperidine rings is 1. The van der Waals surface area contributed by atoms with E-state index in [1.807, 2.05) is 0 Å². The van der Waals surface area contributed by atoms with Crippen LogP contribution in [0.1, 0.15) is 38.5 Å². The molecule has 2 N–H and O–H groups in total. The van der Waals surface area contributed by atoms with Crippen LogP contribution in [0.15, 0.2) is 0 Å². The zero-order chi connectivity index (χ0) is 12.1. The molecule has 3 unspecified atom stereocenters. The van der Waals surface area contributed by atoms with Crippen LogP contribution in [0.3, 0.4) is 0 Å². The summed E-state index contributed by atoms with van der Waals surface area (Å²) < 4.78 is 0. The SMILES string of the molecule is CN1CCCC(CNCC2CCCC(O)C2)C1. The Morgan fingerprint density at radius 1 is 1.12 bits per heavy atom. The molecule has 0 bridgehead atoms. The van der Waals surface area contributed by atoms with Gasteiger partial charge in [0.1, 0.15) is 0 Å². The molecular formula is C14H28N2O. The first-order valence-electron chi connectivity index (χ1n) is 7.31. The van der Waals surface area contributed by atoms with Crippen LogP contribution in [0, 0.1) is 11.8 Å². The van der Waals surface area contributed by atoms with E-state index in [0.717, 1.165) is 31.8 Å². The van der Waals surface area contributed by atoms with Crippen molar-refractivity contribution < 1.29 is 5.11 Å². The first-order chi connectivity index (χ1) is 8.24. The Labute approximate surface area is 106 Å². The first-order valence-corrected chi connectivity index (χ1v) is 7.31. The van der Waals surface area contributed by atoms with Crippen molar-refractivity contribution in [3.8, 4) is 0 Å². The lowest BCUT2D eigenvalue weighted by Crippen LogP contribution is -2.39. The predicted molar refractivity (Wildman–Crippen MR) is 71.1 cm³/mol. The molecule has 3 heteroatoms. The molecule has 3 atom stereocenters. The smallest absolute Gasteiger partial charge is 0.0543 e. The molecule has 0 spiro atoms. The highest BCUT2D eigenvalue weighted by atomic mass is 16.3. The first kappa shape index (κ1) is 13.3. The number of aliphatic hydroxyl groups excluding tert-OH is 1. The third-order valence-corrected chi connectivity index (χ3v) is 4.34. The molecule has 1 aliphatic heterocycles. The van der Waals surface area contributed by atoms with Gasteiger partial charge in [-0.25, -0.2) is 0 Å². The van der Waals surface area contributed by atoms with Gasteiger partial charge in [0, 0.05) is 6.54 Å². The summed E-state index contributed by atoms with van der Waals surface area (Å²) in [6.07, 6.45) is 7.24. The van der Waals surface area contributed by atoms with Gasteiger partial charge in [0.05, 0.1) is 6.10 Å². The lowest BCUT2D eigenvalue weighted by Gasteiger charge is -2.31. The molecule has 0 aromatic heterocycles. The molecule has 2 rings (SSSR count). The fourth-order valence-electron chi connectivity index (χ4n) is 3.38. The van der Waals surface area contributed by atoms with E-state index >= 15 is 0 Å². The molecule has 100 valence electrons. The van der Waals surface area contributed by atoms with Crippen LogP contribution in [0.4, 0.5) is 0 Å². The number of nitrogens with one attached hydrogen (secondary N) is 1. The largest absolute Gasteiger partial charge is 0.393 e. The lowest BCUT2D eigenvalue weighted by atomic mass is 9.87. The Morgan fingerprint density at radius 2 is 1.88 bits per heavy atom. The quantitative estimate of drug-likeness (QED) is 0.781. The van der Waals surface area contributed by atoms with Crippen molar-refractivity contribution in [2.45, 2.75) is 44.6 Å². The van der Waals surface area contributed by atoms with E-state index in [4.69, 9.17) is 0 Å². The maximum absolute atomic E-state index is 9.63. The van der Waals surface area contributed by atoms with Crippen molar-refractivity contribution in [2.24, 2.45) is 11.8 Å². The fraction of sp³-hybridized carbons (Fsp3) is 1.00. The molecule has 2 fully saturated rings. The van der Waals surface area contributed by atoms with Crippen LogP contribution in [-0.2, 0) is 0 Å². The Morgan fingerprint density at radius 3 is 2.65 bits per heavy atom. The van der Waals surface area contributed by atoms with Gasteiger partial charge in [-0.2, -0.15) is 0 Å². The lowest BCUT2D eigenvalue weighted by molar-refractivity contribution is 0.0996. The molecule has 0 aromatic rings. The number of likely N-dealkylation sites (tertiary alicyclic amines) is 1. The molecule has 1 heterocycles. The van der Waals surface area contributed by atoms with Gasteiger partial charge in [0.25, 0.3) is 0 Å². The summed E-state index contributed by atoms with van der Waals surface area (Å²) >= 11 is 0. The summed E-state index contributed by atoms with van der Waals surface area (Å²) in [6.45, 7) is 4.79. The topological polar surface area (TPSA) is 35.5 Å². The number of hydrogen-bond donors (Lipinski definition) is 2. The minimum atomic E-state index is -0.0311. The van der Waals surface area contributed by atoms with E-state index < -0.39 is 0 Å². The Balaban J connectivity index is 1.58. The Hall–Kier alpha value is -0.120. The summed E-state index contributed by atoms with van der Waals surface area (Å²) in [5, 5.41) is 13.3. The van der Waals surface area contributed by atoms with E-state index in [9.17, 15) is 5.11 Å².